The van der Waals surface area contributed by atoms with Gasteiger partial charge in [0.25, 0.3) is 11.8 Å². The largest absolute Gasteiger partial charge is 0.460 e. The molecule has 10 nitrogen and oxygen atoms in total. The van der Waals surface area contributed by atoms with Crippen molar-refractivity contribution < 1.29 is 31.5 Å². The van der Waals surface area contributed by atoms with Crippen LogP contribution in [-0.4, -0.2) is 68.9 Å². The number of nitrogens with one attached hydrogen (secondary N) is 2. The molecule has 1 aromatic carbocycles. The van der Waals surface area contributed by atoms with Crippen molar-refractivity contribution in [2.75, 3.05) is 58.4 Å². The maximum atomic E-state index is 13.8. The number of hydrogen-bond acceptors (Lipinski definition) is 8. The molecule has 3 aromatic rings. The Balaban J connectivity index is 1.29. The van der Waals surface area contributed by atoms with Gasteiger partial charge in [-0.25, -0.2) is 22.2 Å². The zero-order valence-electron chi connectivity index (χ0n) is 22.5. The Morgan fingerprint density at radius 3 is 2.39 bits per heavy atom. The molecule has 6 rings (SSSR count). The molecule has 0 radical (unpaired) electrons. The van der Waals surface area contributed by atoms with Crippen LogP contribution >= 0.6 is 0 Å². The van der Waals surface area contributed by atoms with Gasteiger partial charge >= 0.3 is 0 Å². The molecule has 2 aromatic heterocycles. The maximum absolute atomic E-state index is 13.8. The number of carbonyl (C=O) groups is 1. The molecule has 4 heterocycles. The standard InChI is InChI=1S/C28H33F2N5O5S/c29-28(30)8-12-35(13-9-28)25-24-19(3-15-40-24)17-23(31-25)32-26(37)21-2-1-20(33-41(38,39)16-14-36)18-22(21)34-10-6-27(4-5-27)7-11-34/h1-3,15,17-18,33,36H,4-14,16H2,(H,31,32,37). The fourth-order valence-electron chi connectivity index (χ4n) is 5.76. The number of anilines is 4. The number of aromatic nitrogens is 1. The average molecular weight is 590 g/mol. The molecule has 1 amide bonds. The number of pyridine rings is 1. The summed E-state index contributed by atoms with van der Waals surface area (Å²) in [5.41, 5.74) is 2.13. The molecule has 2 aliphatic heterocycles. The Morgan fingerprint density at radius 1 is 1.00 bits per heavy atom. The lowest BCUT2D eigenvalue weighted by atomic mass is 9.93. The van der Waals surface area contributed by atoms with Crippen LogP contribution in [0.2, 0.25) is 0 Å². The normalized spacial score (nSPS) is 19.9. The predicted octanol–water partition coefficient (Wildman–Crippen LogP) is 4.43. The van der Waals surface area contributed by atoms with Gasteiger partial charge in [0.2, 0.25) is 10.0 Å². The van der Waals surface area contributed by atoms with Gasteiger partial charge in [-0.1, -0.05) is 0 Å². The van der Waals surface area contributed by atoms with Crippen LogP contribution in [-0.2, 0) is 10.0 Å². The van der Waals surface area contributed by atoms with Gasteiger partial charge in [0.15, 0.2) is 11.4 Å². The molecule has 220 valence electrons. The van der Waals surface area contributed by atoms with Crippen LogP contribution in [0.15, 0.2) is 41.0 Å². The summed E-state index contributed by atoms with van der Waals surface area (Å²) in [7, 11) is -3.75. The topological polar surface area (TPSA) is 128 Å². The van der Waals surface area contributed by atoms with E-state index in [1.165, 1.54) is 25.2 Å². The van der Waals surface area contributed by atoms with E-state index in [1.807, 2.05) is 0 Å². The molecular weight excluding hydrogens is 556 g/mol. The maximum Gasteiger partial charge on any atom is 0.258 e. The van der Waals surface area contributed by atoms with Crippen molar-refractivity contribution in [3.63, 3.8) is 0 Å². The van der Waals surface area contributed by atoms with E-state index in [0.29, 0.717) is 39.1 Å². The van der Waals surface area contributed by atoms with Gasteiger partial charge in [-0.15, -0.1) is 0 Å². The third-order valence-electron chi connectivity index (χ3n) is 8.45. The quantitative estimate of drug-likeness (QED) is 0.352. The molecule has 3 aliphatic rings. The first-order valence-corrected chi connectivity index (χ1v) is 15.5. The van der Waals surface area contributed by atoms with Crippen molar-refractivity contribution in [1.82, 2.24) is 4.98 Å². The van der Waals surface area contributed by atoms with Gasteiger partial charge in [-0.2, -0.15) is 0 Å². The molecule has 13 heteroatoms. The minimum atomic E-state index is -3.75. The number of nitrogens with zero attached hydrogens (tertiary/aromatic N) is 3. The molecule has 3 N–H and O–H groups in total. The fourth-order valence-corrected chi connectivity index (χ4v) is 6.59. The summed E-state index contributed by atoms with van der Waals surface area (Å²) in [6, 6.07) is 8.15. The highest BCUT2D eigenvalue weighted by molar-refractivity contribution is 7.92. The van der Waals surface area contributed by atoms with Crippen molar-refractivity contribution in [3.05, 3.63) is 42.2 Å². The zero-order valence-corrected chi connectivity index (χ0v) is 23.4. The Morgan fingerprint density at radius 2 is 1.71 bits per heavy atom. The Labute approximate surface area is 236 Å². The molecule has 2 saturated heterocycles. The number of piperidine rings is 2. The summed E-state index contributed by atoms with van der Waals surface area (Å²) < 4.78 is 60.3. The van der Waals surface area contributed by atoms with Crippen LogP contribution in [0.4, 0.5) is 31.8 Å². The van der Waals surface area contributed by atoms with Crippen molar-refractivity contribution in [2.24, 2.45) is 5.41 Å². The second kappa shape index (κ2) is 10.4. The van der Waals surface area contributed by atoms with Gasteiger partial charge in [0, 0.05) is 44.4 Å². The number of carbonyl (C=O) groups excluding carboxylic acids is 1. The van der Waals surface area contributed by atoms with Crippen molar-refractivity contribution in [2.45, 2.75) is 44.4 Å². The average Bonchev–Trinajstić information content (AvgIpc) is 3.50. The lowest BCUT2D eigenvalue weighted by Crippen LogP contribution is -2.39. The molecular formula is C28H33F2N5O5S. The van der Waals surface area contributed by atoms with Gasteiger partial charge in [-0.3, -0.25) is 9.52 Å². The van der Waals surface area contributed by atoms with E-state index in [4.69, 9.17) is 9.52 Å². The van der Waals surface area contributed by atoms with Crippen molar-refractivity contribution in [3.8, 4) is 0 Å². The summed E-state index contributed by atoms with van der Waals surface area (Å²) >= 11 is 0. The van der Waals surface area contributed by atoms with E-state index >= 15 is 0 Å². The first-order valence-electron chi connectivity index (χ1n) is 13.9. The van der Waals surface area contributed by atoms with Gasteiger partial charge in [0.1, 0.15) is 5.82 Å². The van der Waals surface area contributed by atoms with Gasteiger partial charge in [-0.05, 0) is 61.4 Å². The van der Waals surface area contributed by atoms with E-state index in [-0.39, 0.29) is 31.7 Å². The number of hydrogen-bond donors (Lipinski definition) is 3. The lowest BCUT2D eigenvalue weighted by molar-refractivity contribution is -0.0221. The van der Waals surface area contributed by atoms with Crippen LogP contribution < -0.4 is 19.8 Å². The monoisotopic (exact) mass is 589 g/mol. The Hall–Kier alpha value is -3.45. The number of alkyl halides is 2. The predicted molar refractivity (Wildman–Crippen MR) is 152 cm³/mol. The van der Waals surface area contributed by atoms with Crippen LogP contribution in [0, 0.1) is 5.41 Å². The lowest BCUT2D eigenvalue weighted by Gasteiger charge is -2.35. The highest BCUT2D eigenvalue weighted by atomic mass is 32.2. The number of halogens is 2. The number of aliphatic hydroxyl groups excluding tert-OH is 1. The number of sulfonamides is 1. The van der Waals surface area contributed by atoms with E-state index in [9.17, 15) is 22.0 Å². The number of furan rings is 1. The first kappa shape index (κ1) is 27.7. The SMILES string of the molecule is O=C(Nc1cc2ccoc2c(N2CCC(F)(F)CC2)n1)c1ccc(NS(=O)(=O)CCO)cc1N1CCC2(CC1)CC2. The number of aliphatic hydroxyl groups is 1. The molecule has 0 unspecified atom stereocenters. The van der Waals surface area contributed by atoms with Crippen LogP contribution in [0.3, 0.4) is 0 Å². The summed E-state index contributed by atoms with van der Waals surface area (Å²) in [5, 5.41) is 12.6. The first-order chi connectivity index (χ1) is 19.6. The second-order valence-corrected chi connectivity index (χ2v) is 13.2. The van der Waals surface area contributed by atoms with Gasteiger partial charge in [0.05, 0.1) is 35.6 Å². The number of rotatable bonds is 8. The van der Waals surface area contributed by atoms with Crippen LogP contribution in [0.5, 0.6) is 0 Å². The summed E-state index contributed by atoms with van der Waals surface area (Å²) in [4.78, 5) is 22.1. The van der Waals surface area contributed by atoms with Crippen molar-refractivity contribution in [1.29, 1.82) is 0 Å². The van der Waals surface area contributed by atoms with Gasteiger partial charge < -0.3 is 24.6 Å². The minimum absolute atomic E-state index is 0.113. The highest BCUT2D eigenvalue weighted by Gasteiger charge is 2.44. The number of benzene rings is 1. The molecule has 1 saturated carbocycles. The smallest absolute Gasteiger partial charge is 0.258 e. The third kappa shape index (κ3) is 5.96. The molecule has 1 aliphatic carbocycles. The fraction of sp³-hybridized carbons (Fsp3) is 0.500. The minimum Gasteiger partial charge on any atom is -0.460 e. The third-order valence-corrected chi connectivity index (χ3v) is 9.72. The summed E-state index contributed by atoms with van der Waals surface area (Å²) in [6.07, 6.45) is 5.36. The summed E-state index contributed by atoms with van der Waals surface area (Å²) in [6.45, 7) is 1.21. The molecule has 3 fully saturated rings. The van der Waals surface area contributed by atoms with E-state index in [0.717, 1.165) is 25.9 Å². The molecule has 41 heavy (non-hydrogen) atoms. The van der Waals surface area contributed by atoms with Crippen LogP contribution in [0.25, 0.3) is 11.0 Å². The Kier molecular flexibility index (Phi) is 7.05. The summed E-state index contributed by atoms with van der Waals surface area (Å²) in [5.74, 6) is -2.92. The molecule has 0 bridgehead atoms. The Bertz CT molecular complexity index is 1550. The van der Waals surface area contributed by atoms with E-state index in [1.54, 1.807) is 29.2 Å². The zero-order chi connectivity index (χ0) is 28.8. The number of amides is 1. The number of fused-ring (bicyclic) bond motifs is 1. The molecule has 1 spiro atoms. The van der Waals surface area contributed by atoms with E-state index in [2.05, 4.69) is 19.9 Å². The van der Waals surface area contributed by atoms with Crippen molar-refractivity contribution >= 4 is 49.9 Å². The van der Waals surface area contributed by atoms with Crippen LogP contribution in [0.1, 0.15) is 48.9 Å². The highest BCUT2D eigenvalue weighted by Crippen LogP contribution is 2.54. The van der Waals surface area contributed by atoms with E-state index < -0.39 is 34.2 Å². The second-order valence-electron chi connectivity index (χ2n) is 11.3. The molecule has 0 atom stereocenters.